The first-order valence-electron chi connectivity index (χ1n) is 5.75. The number of anilines is 1. The predicted octanol–water partition coefficient (Wildman–Crippen LogP) is 1.71. The standard InChI is InChI=1S/C14H18N2O/c1-3-12-7-8-14(15)13(10-12)6-4-5-9-16-11(2)17/h7-8,10H,3,5,9,15H2,1-2H3,(H,16,17). The molecule has 0 spiro atoms. The van der Waals surface area contributed by atoms with Gasteiger partial charge in [0, 0.05) is 31.1 Å². The van der Waals surface area contributed by atoms with Gasteiger partial charge in [0.25, 0.3) is 0 Å². The van der Waals surface area contributed by atoms with Crippen LogP contribution in [0.15, 0.2) is 18.2 Å². The molecule has 0 aliphatic heterocycles. The summed E-state index contributed by atoms with van der Waals surface area (Å²) in [6.07, 6.45) is 1.61. The zero-order valence-electron chi connectivity index (χ0n) is 10.3. The maximum absolute atomic E-state index is 10.6. The van der Waals surface area contributed by atoms with E-state index in [2.05, 4.69) is 24.1 Å². The van der Waals surface area contributed by atoms with Gasteiger partial charge in [0.15, 0.2) is 0 Å². The summed E-state index contributed by atoms with van der Waals surface area (Å²) in [5.74, 6) is 6.01. The van der Waals surface area contributed by atoms with Crippen molar-refractivity contribution in [3.05, 3.63) is 29.3 Å². The molecule has 1 aromatic carbocycles. The SMILES string of the molecule is CCc1ccc(N)c(C#CCCNC(C)=O)c1. The summed E-state index contributed by atoms with van der Waals surface area (Å²) in [5.41, 5.74) is 8.63. The Hall–Kier alpha value is -1.95. The van der Waals surface area contributed by atoms with Gasteiger partial charge in [-0.05, 0) is 24.1 Å². The molecule has 0 saturated carbocycles. The van der Waals surface area contributed by atoms with Crippen LogP contribution in [-0.4, -0.2) is 12.5 Å². The molecule has 1 rings (SSSR count). The molecular formula is C14H18N2O. The molecule has 0 atom stereocenters. The van der Waals surface area contributed by atoms with Gasteiger partial charge >= 0.3 is 0 Å². The van der Waals surface area contributed by atoms with Gasteiger partial charge in [-0.1, -0.05) is 24.8 Å². The van der Waals surface area contributed by atoms with Crippen molar-refractivity contribution < 1.29 is 4.79 Å². The van der Waals surface area contributed by atoms with E-state index in [1.807, 2.05) is 18.2 Å². The lowest BCUT2D eigenvalue weighted by Gasteiger charge is -2.01. The normalized spacial score (nSPS) is 9.29. The monoisotopic (exact) mass is 230 g/mol. The molecule has 3 heteroatoms. The summed E-state index contributed by atoms with van der Waals surface area (Å²) in [7, 11) is 0. The average Bonchev–Trinajstić information content (AvgIpc) is 2.30. The molecule has 0 unspecified atom stereocenters. The Morgan fingerprint density at radius 1 is 1.47 bits per heavy atom. The van der Waals surface area contributed by atoms with E-state index in [4.69, 9.17) is 5.73 Å². The summed E-state index contributed by atoms with van der Waals surface area (Å²) in [5, 5.41) is 2.70. The second kappa shape index (κ2) is 6.59. The average molecular weight is 230 g/mol. The molecule has 90 valence electrons. The predicted molar refractivity (Wildman–Crippen MR) is 70.4 cm³/mol. The number of hydrogen-bond acceptors (Lipinski definition) is 2. The maximum atomic E-state index is 10.6. The largest absolute Gasteiger partial charge is 0.398 e. The Bertz CT molecular complexity index is 455. The van der Waals surface area contributed by atoms with Crippen LogP contribution in [0.5, 0.6) is 0 Å². The molecule has 17 heavy (non-hydrogen) atoms. The van der Waals surface area contributed by atoms with E-state index in [0.717, 1.165) is 12.0 Å². The van der Waals surface area contributed by atoms with Crippen LogP contribution in [0.3, 0.4) is 0 Å². The second-order valence-electron chi connectivity index (χ2n) is 3.81. The molecule has 0 aliphatic carbocycles. The Morgan fingerprint density at radius 3 is 2.88 bits per heavy atom. The Morgan fingerprint density at radius 2 is 2.24 bits per heavy atom. The van der Waals surface area contributed by atoms with Crippen LogP contribution < -0.4 is 11.1 Å². The fourth-order valence-electron chi connectivity index (χ4n) is 1.39. The highest BCUT2D eigenvalue weighted by Crippen LogP contribution is 2.13. The first-order valence-corrected chi connectivity index (χ1v) is 5.75. The third-order valence-corrected chi connectivity index (χ3v) is 2.37. The van der Waals surface area contributed by atoms with E-state index in [1.54, 1.807) is 0 Å². The molecule has 0 aromatic heterocycles. The van der Waals surface area contributed by atoms with Gasteiger partial charge < -0.3 is 11.1 Å². The molecule has 1 amide bonds. The topological polar surface area (TPSA) is 55.1 Å². The number of nitrogens with one attached hydrogen (secondary N) is 1. The molecule has 0 heterocycles. The van der Waals surface area contributed by atoms with Crippen LogP contribution in [0.25, 0.3) is 0 Å². The van der Waals surface area contributed by atoms with E-state index in [-0.39, 0.29) is 5.91 Å². The van der Waals surface area contributed by atoms with Crippen molar-refractivity contribution in [3.8, 4) is 11.8 Å². The summed E-state index contributed by atoms with van der Waals surface area (Å²) in [6.45, 7) is 4.17. The minimum atomic E-state index is -0.0284. The first kappa shape index (κ1) is 13.1. The van der Waals surface area contributed by atoms with Crippen LogP contribution in [0.2, 0.25) is 0 Å². The molecule has 0 saturated heterocycles. The zero-order valence-corrected chi connectivity index (χ0v) is 10.3. The van der Waals surface area contributed by atoms with Crippen molar-refractivity contribution in [2.24, 2.45) is 0 Å². The Kier molecular flexibility index (Phi) is 5.09. The minimum Gasteiger partial charge on any atom is -0.398 e. The molecular weight excluding hydrogens is 212 g/mol. The molecule has 0 aliphatic rings. The van der Waals surface area contributed by atoms with Crippen LogP contribution >= 0.6 is 0 Å². The van der Waals surface area contributed by atoms with Gasteiger partial charge in [-0.2, -0.15) is 0 Å². The van der Waals surface area contributed by atoms with E-state index in [0.29, 0.717) is 18.7 Å². The minimum absolute atomic E-state index is 0.0284. The quantitative estimate of drug-likeness (QED) is 0.472. The van der Waals surface area contributed by atoms with E-state index in [1.165, 1.54) is 12.5 Å². The summed E-state index contributed by atoms with van der Waals surface area (Å²) < 4.78 is 0. The summed E-state index contributed by atoms with van der Waals surface area (Å²) in [4.78, 5) is 10.6. The van der Waals surface area contributed by atoms with Gasteiger partial charge in [-0.25, -0.2) is 0 Å². The smallest absolute Gasteiger partial charge is 0.216 e. The third kappa shape index (κ3) is 4.60. The molecule has 0 fully saturated rings. The highest BCUT2D eigenvalue weighted by molar-refractivity contribution is 5.72. The van der Waals surface area contributed by atoms with Crippen molar-refractivity contribution in [1.82, 2.24) is 5.32 Å². The van der Waals surface area contributed by atoms with Crippen LogP contribution in [0, 0.1) is 11.8 Å². The fourth-order valence-corrected chi connectivity index (χ4v) is 1.39. The molecule has 1 aromatic rings. The van der Waals surface area contributed by atoms with Crippen LogP contribution in [-0.2, 0) is 11.2 Å². The number of rotatable bonds is 3. The van der Waals surface area contributed by atoms with E-state index < -0.39 is 0 Å². The highest BCUT2D eigenvalue weighted by atomic mass is 16.1. The van der Waals surface area contributed by atoms with Crippen molar-refractivity contribution in [2.45, 2.75) is 26.7 Å². The number of aryl methyl sites for hydroxylation is 1. The van der Waals surface area contributed by atoms with Crippen molar-refractivity contribution in [3.63, 3.8) is 0 Å². The number of benzene rings is 1. The van der Waals surface area contributed by atoms with E-state index >= 15 is 0 Å². The third-order valence-electron chi connectivity index (χ3n) is 2.37. The van der Waals surface area contributed by atoms with Crippen molar-refractivity contribution >= 4 is 11.6 Å². The van der Waals surface area contributed by atoms with E-state index in [9.17, 15) is 4.79 Å². The lowest BCUT2D eigenvalue weighted by Crippen LogP contribution is -2.20. The number of carbonyl (C=O) groups is 1. The molecule has 0 radical (unpaired) electrons. The number of nitrogens with two attached hydrogens (primary N) is 1. The Balaban J connectivity index is 2.61. The summed E-state index contributed by atoms with van der Waals surface area (Å²) >= 11 is 0. The van der Waals surface area contributed by atoms with Gasteiger partial charge in [0.05, 0.1) is 0 Å². The van der Waals surface area contributed by atoms with Crippen molar-refractivity contribution in [1.29, 1.82) is 0 Å². The first-order chi connectivity index (χ1) is 8.13. The van der Waals surface area contributed by atoms with Gasteiger partial charge in [0.2, 0.25) is 5.91 Å². The summed E-state index contributed by atoms with van der Waals surface area (Å²) in [6, 6.07) is 5.91. The van der Waals surface area contributed by atoms with Crippen LogP contribution in [0.1, 0.15) is 31.4 Å². The molecule has 3 nitrogen and oxygen atoms in total. The number of carbonyl (C=O) groups excluding carboxylic acids is 1. The molecule has 0 bridgehead atoms. The van der Waals surface area contributed by atoms with Gasteiger partial charge in [-0.15, -0.1) is 0 Å². The number of amides is 1. The highest BCUT2D eigenvalue weighted by Gasteiger charge is 1.96. The lowest BCUT2D eigenvalue weighted by molar-refractivity contribution is -0.118. The van der Waals surface area contributed by atoms with Gasteiger partial charge in [0.1, 0.15) is 0 Å². The maximum Gasteiger partial charge on any atom is 0.216 e. The van der Waals surface area contributed by atoms with Gasteiger partial charge in [-0.3, -0.25) is 4.79 Å². The number of nitrogen functional groups attached to an aromatic ring is 1. The van der Waals surface area contributed by atoms with Crippen molar-refractivity contribution in [2.75, 3.05) is 12.3 Å². The fraction of sp³-hybridized carbons (Fsp3) is 0.357. The second-order valence-corrected chi connectivity index (χ2v) is 3.81. The Labute approximate surface area is 102 Å². The molecule has 3 N–H and O–H groups in total. The zero-order chi connectivity index (χ0) is 12.7. The van der Waals surface area contributed by atoms with Crippen LogP contribution in [0.4, 0.5) is 5.69 Å². The number of hydrogen-bond donors (Lipinski definition) is 2. The lowest BCUT2D eigenvalue weighted by atomic mass is 10.1.